The summed E-state index contributed by atoms with van der Waals surface area (Å²) in [6, 6.07) is 7.68. The molecule has 130 valence electrons. The van der Waals surface area contributed by atoms with E-state index in [1.807, 2.05) is 12.1 Å². The van der Waals surface area contributed by atoms with E-state index in [9.17, 15) is 4.39 Å². The lowest BCUT2D eigenvalue weighted by atomic mass is 9.92. The Hall–Kier alpha value is -0.680. The van der Waals surface area contributed by atoms with Gasteiger partial charge in [-0.15, -0.1) is 12.4 Å². The van der Waals surface area contributed by atoms with Crippen LogP contribution in [-0.4, -0.2) is 54.6 Å². The molecule has 4 atom stereocenters. The molecular weight excluding hydrogens is 313 g/mol. The van der Waals surface area contributed by atoms with E-state index >= 15 is 0 Å². The molecule has 4 unspecified atom stereocenters. The second kappa shape index (κ2) is 7.93. The fourth-order valence-corrected chi connectivity index (χ4v) is 4.24. The number of nitrogens with two attached hydrogens (primary N) is 1. The second-order valence-corrected chi connectivity index (χ2v) is 7.00. The summed E-state index contributed by atoms with van der Waals surface area (Å²) in [4.78, 5) is 5.12. The molecule has 1 aromatic rings. The smallest absolute Gasteiger partial charge is 0.123 e. The second-order valence-electron chi connectivity index (χ2n) is 7.00. The Labute approximate surface area is 145 Å². The predicted molar refractivity (Wildman–Crippen MR) is 95.6 cm³/mol. The van der Waals surface area contributed by atoms with E-state index in [4.69, 9.17) is 5.73 Å². The maximum absolute atomic E-state index is 13.1. The van der Waals surface area contributed by atoms with E-state index in [1.165, 1.54) is 25.1 Å². The zero-order chi connectivity index (χ0) is 15.7. The molecule has 0 radical (unpaired) electrons. The van der Waals surface area contributed by atoms with Crippen LogP contribution >= 0.6 is 12.4 Å². The average Bonchev–Trinajstić information content (AvgIpc) is 2.89. The van der Waals surface area contributed by atoms with Crippen molar-refractivity contribution in [3.05, 3.63) is 35.6 Å². The summed E-state index contributed by atoms with van der Waals surface area (Å²) in [6.45, 7) is 10.1. The third-order valence-electron chi connectivity index (χ3n) is 5.55. The summed E-state index contributed by atoms with van der Waals surface area (Å²) in [7, 11) is 0. The molecule has 5 heteroatoms. The van der Waals surface area contributed by atoms with Crippen LogP contribution in [0, 0.1) is 11.7 Å². The van der Waals surface area contributed by atoms with Gasteiger partial charge < -0.3 is 10.6 Å². The van der Waals surface area contributed by atoms with Crippen molar-refractivity contribution < 1.29 is 4.39 Å². The first-order valence-electron chi connectivity index (χ1n) is 8.56. The van der Waals surface area contributed by atoms with Crippen molar-refractivity contribution in [3.63, 3.8) is 0 Å². The highest BCUT2D eigenvalue weighted by Gasteiger charge is 2.38. The molecule has 2 aliphatic rings. The van der Waals surface area contributed by atoms with Gasteiger partial charge in [-0.3, -0.25) is 4.90 Å². The van der Waals surface area contributed by atoms with E-state index < -0.39 is 0 Å². The third-order valence-corrected chi connectivity index (χ3v) is 5.55. The Balaban J connectivity index is 0.00000192. The van der Waals surface area contributed by atoms with Crippen molar-refractivity contribution in [1.29, 1.82) is 0 Å². The van der Waals surface area contributed by atoms with E-state index in [0.717, 1.165) is 19.6 Å². The summed E-state index contributed by atoms with van der Waals surface area (Å²) in [6.07, 6.45) is 1.23. The molecule has 0 aliphatic carbocycles. The van der Waals surface area contributed by atoms with Gasteiger partial charge >= 0.3 is 0 Å². The van der Waals surface area contributed by atoms with Crippen LogP contribution in [-0.2, 0) is 0 Å². The van der Waals surface area contributed by atoms with Crippen molar-refractivity contribution in [2.24, 2.45) is 11.7 Å². The van der Waals surface area contributed by atoms with Crippen molar-refractivity contribution in [2.45, 2.75) is 38.3 Å². The van der Waals surface area contributed by atoms with Crippen LogP contribution < -0.4 is 5.73 Å². The summed E-state index contributed by atoms with van der Waals surface area (Å²) in [5.74, 6) is 0.845. The lowest BCUT2D eigenvalue weighted by Gasteiger charge is -2.41. The summed E-state index contributed by atoms with van der Waals surface area (Å²) in [5.41, 5.74) is 7.58. The van der Waals surface area contributed by atoms with Gasteiger partial charge in [-0.2, -0.15) is 0 Å². The van der Waals surface area contributed by atoms with Crippen LogP contribution in [0.5, 0.6) is 0 Å². The topological polar surface area (TPSA) is 32.5 Å². The molecule has 0 aromatic heterocycles. The molecule has 2 N–H and O–H groups in total. The molecule has 3 rings (SSSR count). The summed E-state index contributed by atoms with van der Waals surface area (Å²) >= 11 is 0. The quantitative estimate of drug-likeness (QED) is 0.917. The summed E-state index contributed by atoms with van der Waals surface area (Å²) < 4.78 is 13.1. The Kier molecular flexibility index (Phi) is 6.43. The number of rotatable bonds is 3. The van der Waals surface area contributed by atoms with Crippen molar-refractivity contribution in [3.8, 4) is 0 Å². The Bertz CT molecular complexity index is 496. The van der Waals surface area contributed by atoms with Crippen LogP contribution in [0.15, 0.2) is 24.3 Å². The minimum absolute atomic E-state index is 0. The van der Waals surface area contributed by atoms with E-state index in [2.05, 4.69) is 23.6 Å². The molecule has 23 heavy (non-hydrogen) atoms. The minimum atomic E-state index is -0.173. The van der Waals surface area contributed by atoms with Gasteiger partial charge in [-0.05, 0) is 43.1 Å². The largest absolute Gasteiger partial charge is 0.326 e. The monoisotopic (exact) mass is 341 g/mol. The SMILES string of the molecule is CCN1CCC(N2CC(N)C(c3ccc(F)cc3)C2)C(C)C1.Cl. The van der Waals surface area contributed by atoms with Gasteiger partial charge in [0.2, 0.25) is 0 Å². The van der Waals surface area contributed by atoms with Crippen LogP contribution in [0.3, 0.4) is 0 Å². The normalized spacial score (nSPS) is 32.7. The van der Waals surface area contributed by atoms with Crippen LogP contribution in [0.2, 0.25) is 0 Å². The van der Waals surface area contributed by atoms with Gasteiger partial charge in [0.15, 0.2) is 0 Å². The third kappa shape index (κ3) is 4.05. The molecule has 0 spiro atoms. The zero-order valence-corrected chi connectivity index (χ0v) is 14.9. The van der Waals surface area contributed by atoms with Crippen molar-refractivity contribution in [2.75, 3.05) is 32.7 Å². The lowest BCUT2D eigenvalue weighted by Crippen LogP contribution is -2.49. The van der Waals surface area contributed by atoms with Gasteiger partial charge in [0.05, 0.1) is 0 Å². The number of hydrogen-bond donors (Lipinski definition) is 1. The maximum atomic E-state index is 13.1. The van der Waals surface area contributed by atoms with Crippen molar-refractivity contribution >= 4 is 12.4 Å². The highest BCUT2D eigenvalue weighted by atomic mass is 35.5. The molecular formula is C18H29ClFN3. The van der Waals surface area contributed by atoms with Gasteiger partial charge in [-0.25, -0.2) is 4.39 Å². The minimum Gasteiger partial charge on any atom is -0.326 e. The van der Waals surface area contributed by atoms with E-state index in [1.54, 1.807) is 12.1 Å². The van der Waals surface area contributed by atoms with Crippen LogP contribution in [0.4, 0.5) is 4.39 Å². The first kappa shape index (κ1) is 18.7. The molecule has 0 saturated carbocycles. The number of piperidine rings is 1. The average molecular weight is 342 g/mol. The molecule has 0 amide bonds. The fourth-order valence-electron chi connectivity index (χ4n) is 4.24. The molecule has 1 aromatic carbocycles. The molecule has 2 heterocycles. The Morgan fingerprint density at radius 3 is 2.48 bits per heavy atom. The number of likely N-dealkylation sites (tertiary alicyclic amines) is 2. The number of benzene rings is 1. The van der Waals surface area contributed by atoms with Gasteiger partial charge in [0.1, 0.15) is 5.82 Å². The lowest BCUT2D eigenvalue weighted by molar-refractivity contribution is 0.0804. The molecule has 0 bridgehead atoms. The van der Waals surface area contributed by atoms with E-state index in [-0.39, 0.29) is 24.3 Å². The predicted octanol–water partition coefficient (Wildman–Crippen LogP) is 2.70. The standard InChI is InChI=1S/C18H28FN3.ClH/c1-3-21-9-8-18(13(2)10-21)22-11-16(17(20)12-22)14-4-6-15(19)7-5-14;/h4-7,13,16-18H,3,8-12,20H2,1-2H3;1H. The molecule has 2 saturated heterocycles. The fraction of sp³-hybridized carbons (Fsp3) is 0.667. The number of nitrogens with zero attached hydrogens (tertiary/aromatic N) is 2. The first-order chi connectivity index (χ1) is 10.6. The van der Waals surface area contributed by atoms with Crippen LogP contribution in [0.25, 0.3) is 0 Å². The highest BCUT2D eigenvalue weighted by Crippen LogP contribution is 2.32. The Morgan fingerprint density at radius 2 is 1.87 bits per heavy atom. The molecule has 2 fully saturated rings. The van der Waals surface area contributed by atoms with Gasteiger partial charge in [0.25, 0.3) is 0 Å². The van der Waals surface area contributed by atoms with Crippen molar-refractivity contribution in [1.82, 2.24) is 9.80 Å². The first-order valence-corrected chi connectivity index (χ1v) is 8.56. The molecule has 2 aliphatic heterocycles. The number of halogens is 2. The summed E-state index contributed by atoms with van der Waals surface area (Å²) in [5, 5.41) is 0. The van der Waals surface area contributed by atoms with Gasteiger partial charge in [0, 0.05) is 37.6 Å². The van der Waals surface area contributed by atoms with Gasteiger partial charge in [-0.1, -0.05) is 26.0 Å². The maximum Gasteiger partial charge on any atom is 0.123 e. The Morgan fingerprint density at radius 1 is 1.17 bits per heavy atom. The molecule has 3 nitrogen and oxygen atoms in total. The van der Waals surface area contributed by atoms with E-state index in [0.29, 0.717) is 17.9 Å². The van der Waals surface area contributed by atoms with Crippen LogP contribution in [0.1, 0.15) is 31.7 Å². The number of hydrogen-bond acceptors (Lipinski definition) is 3. The highest BCUT2D eigenvalue weighted by molar-refractivity contribution is 5.85. The zero-order valence-electron chi connectivity index (χ0n) is 14.1.